The summed E-state index contributed by atoms with van der Waals surface area (Å²) in [7, 11) is 1.80. The topological polar surface area (TPSA) is 71.0 Å². The van der Waals surface area contributed by atoms with Gasteiger partial charge in [0.1, 0.15) is 12.4 Å². The fourth-order valence-electron chi connectivity index (χ4n) is 3.37. The summed E-state index contributed by atoms with van der Waals surface area (Å²) in [6.45, 7) is 9.96. The van der Waals surface area contributed by atoms with Crippen LogP contribution in [0.2, 0.25) is 0 Å². The molecule has 7 nitrogen and oxygen atoms in total. The summed E-state index contributed by atoms with van der Waals surface area (Å²) in [5.41, 5.74) is 2.07. The molecular weight excluding hydrogens is 505 g/mol. The molecule has 0 unspecified atom stereocenters. The SMILES string of the molecule is CN=C(NCc1cccc(OCc2ccccn2)c1)NCC(C)(C)N1CCOCC1.I. The predicted molar refractivity (Wildman–Crippen MR) is 135 cm³/mol. The van der Waals surface area contributed by atoms with Crippen molar-refractivity contribution in [2.75, 3.05) is 39.9 Å². The summed E-state index contributed by atoms with van der Waals surface area (Å²) in [6.07, 6.45) is 1.78. The minimum Gasteiger partial charge on any atom is -0.487 e. The van der Waals surface area contributed by atoms with E-state index < -0.39 is 0 Å². The van der Waals surface area contributed by atoms with Crippen LogP contribution in [0.4, 0.5) is 0 Å². The van der Waals surface area contributed by atoms with Crippen molar-refractivity contribution in [2.45, 2.75) is 32.5 Å². The second-order valence-corrected chi connectivity index (χ2v) is 7.95. The van der Waals surface area contributed by atoms with Crippen molar-refractivity contribution in [3.05, 3.63) is 59.9 Å². The minimum atomic E-state index is 0. The van der Waals surface area contributed by atoms with Gasteiger partial charge < -0.3 is 20.1 Å². The monoisotopic (exact) mass is 539 g/mol. The van der Waals surface area contributed by atoms with Crippen LogP contribution in [-0.4, -0.2) is 61.3 Å². The lowest BCUT2D eigenvalue weighted by Gasteiger charge is -2.41. The highest BCUT2D eigenvalue weighted by Gasteiger charge is 2.28. The second-order valence-electron chi connectivity index (χ2n) is 7.95. The van der Waals surface area contributed by atoms with Crippen molar-refractivity contribution in [3.8, 4) is 5.75 Å². The van der Waals surface area contributed by atoms with Crippen molar-refractivity contribution >= 4 is 29.9 Å². The van der Waals surface area contributed by atoms with Gasteiger partial charge in [-0.25, -0.2) is 0 Å². The summed E-state index contributed by atoms with van der Waals surface area (Å²) in [4.78, 5) is 11.1. The van der Waals surface area contributed by atoms with Gasteiger partial charge in [-0.1, -0.05) is 18.2 Å². The Kier molecular flexibility index (Phi) is 10.5. The summed E-state index contributed by atoms with van der Waals surface area (Å²) >= 11 is 0. The van der Waals surface area contributed by atoms with Crippen LogP contribution >= 0.6 is 24.0 Å². The number of aliphatic imine (C=N–C) groups is 1. The van der Waals surface area contributed by atoms with E-state index in [9.17, 15) is 0 Å². The molecule has 0 atom stereocenters. The Bertz CT molecular complexity index is 811. The van der Waals surface area contributed by atoms with Gasteiger partial charge in [0.05, 0.1) is 18.9 Å². The summed E-state index contributed by atoms with van der Waals surface area (Å²) in [5.74, 6) is 1.62. The number of rotatable bonds is 8. The van der Waals surface area contributed by atoms with Crippen LogP contribution in [0.3, 0.4) is 0 Å². The molecule has 1 aliphatic heterocycles. The molecule has 170 valence electrons. The Balaban J connectivity index is 0.00000341. The lowest BCUT2D eigenvalue weighted by molar-refractivity contribution is -0.00834. The second kappa shape index (κ2) is 12.8. The van der Waals surface area contributed by atoms with E-state index in [0.717, 1.165) is 55.8 Å². The van der Waals surface area contributed by atoms with Gasteiger partial charge in [-0.05, 0) is 43.7 Å². The first-order valence-corrected chi connectivity index (χ1v) is 10.5. The van der Waals surface area contributed by atoms with E-state index in [1.807, 2.05) is 36.4 Å². The quantitative estimate of drug-likeness (QED) is 0.306. The first-order valence-electron chi connectivity index (χ1n) is 10.5. The minimum absolute atomic E-state index is 0. The first kappa shape index (κ1) is 25.4. The number of halogens is 1. The molecule has 1 aromatic heterocycles. The number of nitrogens with one attached hydrogen (secondary N) is 2. The molecule has 0 saturated carbocycles. The molecule has 0 amide bonds. The van der Waals surface area contributed by atoms with Crippen molar-refractivity contribution in [3.63, 3.8) is 0 Å². The highest BCUT2D eigenvalue weighted by molar-refractivity contribution is 14.0. The molecule has 1 aliphatic rings. The third kappa shape index (κ3) is 8.27. The van der Waals surface area contributed by atoms with Gasteiger partial charge in [-0.2, -0.15) is 0 Å². The lowest BCUT2D eigenvalue weighted by Crippen LogP contribution is -2.56. The highest BCUT2D eigenvalue weighted by atomic mass is 127. The number of benzene rings is 1. The number of hydrogen-bond acceptors (Lipinski definition) is 5. The zero-order chi connectivity index (χ0) is 21.2. The Morgan fingerprint density at radius 1 is 1.16 bits per heavy atom. The van der Waals surface area contributed by atoms with E-state index in [2.05, 4.69) is 45.4 Å². The number of ether oxygens (including phenoxy) is 2. The predicted octanol–water partition coefficient (Wildman–Crippen LogP) is 3.05. The standard InChI is InChI=1S/C23H33N5O2.HI/c1-23(2,28-11-13-29-14-12-28)18-27-22(24-3)26-16-19-7-6-9-21(15-19)30-17-20-8-4-5-10-25-20;/h4-10,15H,11-14,16-18H2,1-3H3,(H2,24,26,27);1H. The van der Waals surface area contributed by atoms with Crippen LogP contribution in [-0.2, 0) is 17.9 Å². The average Bonchev–Trinajstić information content (AvgIpc) is 2.79. The Labute approximate surface area is 202 Å². The van der Waals surface area contributed by atoms with E-state index in [-0.39, 0.29) is 29.5 Å². The largest absolute Gasteiger partial charge is 0.487 e. The van der Waals surface area contributed by atoms with Crippen molar-refractivity contribution in [2.24, 2.45) is 4.99 Å². The van der Waals surface area contributed by atoms with Gasteiger partial charge in [0.2, 0.25) is 0 Å². The molecule has 2 heterocycles. The Morgan fingerprint density at radius 2 is 1.97 bits per heavy atom. The number of pyridine rings is 1. The van der Waals surface area contributed by atoms with Gasteiger partial charge in [0.15, 0.2) is 5.96 Å². The number of hydrogen-bond donors (Lipinski definition) is 2. The molecule has 0 spiro atoms. The number of nitrogens with zero attached hydrogens (tertiary/aromatic N) is 3. The Hall–Kier alpha value is -1.91. The molecular formula is C23H34IN5O2. The number of morpholine rings is 1. The van der Waals surface area contributed by atoms with Gasteiger partial charge in [-0.3, -0.25) is 14.9 Å². The first-order chi connectivity index (χ1) is 14.6. The van der Waals surface area contributed by atoms with Crippen LogP contribution in [0.15, 0.2) is 53.7 Å². The smallest absolute Gasteiger partial charge is 0.191 e. The van der Waals surface area contributed by atoms with E-state index >= 15 is 0 Å². The van der Waals surface area contributed by atoms with E-state index in [1.165, 1.54) is 0 Å². The summed E-state index contributed by atoms with van der Waals surface area (Å²) < 4.78 is 11.3. The third-order valence-corrected chi connectivity index (χ3v) is 5.25. The van der Waals surface area contributed by atoms with Crippen LogP contribution in [0, 0.1) is 0 Å². The molecule has 31 heavy (non-hydrogen) atoms. The fraction of sp³-hybridized carbons (Fsp3) is 0.478. The molecule has 2 aromatic rings. The average molecular weight is 539 g/mol. The van der Waals surface area contributed by atoms with Crippen LogP contribution < -0.4 is 15.4 Å². The zero-order valence-electron chi connectivity index (χ0n) is 18.6. The molecule has 8 heteroatoms. The third-order valence-electron chi connectivity index (χ3n) is 5.25. The molecule has 1 fully saturated rings. The van der Waals surface area contributed by atoms with Gasteiger partial charge in [-0.15, -0.1) is 24.0 Å². The molecule has 2 N–H and O–H groups in total. The maximum Gasteiger partial charge on any atom is 0.191 e. The van der Waals surface area contributed by atoms with Crippen molar-refractivity contribution < 1.29 is 9.47 Å². The van der Waals surface area contributed by atoms with Crippen molar-refractivity contribution in [1.82, 2.24) is 20.5 Å². The van der Waals surface area contributed by atoms with Gasteiger partial charge in [0.25, 0.3) is 0 Å². The van der Waals surface area contributed by atoms with E-state index in [4.69, 9.17) is 9.47 Å². The zero-order valence-corrected chi connectivity index (χ0v) is 21.0. The number of guanidine groups is 1. The maximum absolute atomic E-state index is 5.87. The molecule has 1 saturated heterocycles. The van der Waals surface area contributed by atoms with Gasteiger partial charge in [0, 0.05) is 45.0 Å². The van der Waals surface area contributed by atoms with Gasteiger partial charge >= 0.3 is 0 Å². The van der Waals surface area contributed by atoms with E-state index in [0.29, 0.717) is 13.2 Å². The maximum atomic E-state index is 5.87. The molecule has 1 aromatic carbocycles. The molecule has 0 bridgehead atoms. The lowest BCUT2D eigenvalue weighted by atomic mass is 10.0. The summed E-state index contributed by atoms with van der Waals surface area (Å²) in [5, 5.41) is 6.85. The van der Waals surface area contributed by atoms with Crippen LogP contribution in [0.1, 0.15) is 25.1 Å². The van der Waals surface area contributed by atoms with Crippen LogP contribution in [0.5, 0.6) is 5.75 Å². The summed E-state index contributed by atoms with van der Waals surface area (Å²) in [6, 6.07) is 13.9. The normalized spacial score (nSPS) is 15.1. The fourth-order valence-corrected chi connectivity index (χ4v) is 3.37. The van der Waals surface area contributed by atoms with Crippen LogP contribution in [0.25, 0.3) is 0 Å². The molecule has 3 rings (SSSR count). The van der Waals surface area contributed by atoms with E-state index in [1.54, 1.807) is 13.2 Å². The Morgan fingerprint density at radius 3 is 2.68 bits per heavy atom. The molecule has 0 aliphatic carbocycles. The molecule has 0 radical (unpaired) electrons. The van der Waals surface area contributed by atoms with Crippen molar-refractivity contribution in [1.29, 1.82) is 0 Å². The highest BCUT2D eigenvalue weighted by Crippen LogP contribution is 2.16. The number of aromatic nitrogens is 1.